The van der Waals surface area contributed by atoms with Crippen LogP contribution in [0.3, 0.4) is 0 Å². The molecule has 0 amide bonds. The first kappa shape index (κ1) is 21.3. The van der Waals surface area contributed by atoms with Crippen LogP contribution in [-0.4, -0.2) is 29.5 Å². The Morgan fingerprint density at radius 1 is 0.553 bits per heavy atom. The van der Waals surface area contributed by atoms with Crippen LogP contribution >= 0.6 is 15.9 Å². The van der Waals surface area contributed by atoms with Crippen molar-refractivity contribution in [1.29, 1.82) is 0 Å². The van der Waals surface area contributed by atoms with Crippen LogP contribution < -0.4 is 0 Å². The first-order valence-electron chi connectivity index (χ1n) is 12.2. The second-order valence-corrected chi connectivity index (χ2v) is 9.86. The number of benzene rings is 3. The summed E-state index contributed by atoms with van der Waals surface area (Å²) < 4.78 is 2.63. The predicted octanol–water partition coefficient (Wildman–Crippen LogP) is 7.65. The standard InChI is InChI=1S/C31H17BrN6/c32-31-36-28(22-9-3-6-18-7-4-16-33-26(18)22)23-14-12-19-13-15-25(35-27(19)29(23)37-31)38-24-11-2-1-8-20(24)21-10-5-17-34-30(21)38/h1-17H. The molecule has 8 rings (SSSR count). The molecule has 0 unspecified atom stereocenters. The number of pyridine rings is 3. The molecule has 0 atom stereocenters. The number of aromatic nitrogens is 6. The highest BCUT2D eigenvalue weighted by molar-refractivity contribution is 9.10. The zero-order valence-electron chi connectivity index (χ0n) is 19.9. The van der Waals surface area contributed by atoms with Crippen LogP contribution in [-0.2, 0) is 0 Å². The molecule has 5 heterocycles. The average molecular weight is 553 g/mol. The average Bonchev–Trinajstić information content (AvgIpc) is 3.30. The number of rotatable bonds is 2. The van der Waals surface area contributed by atoms with Crippen molar-refractivity contribution in [3.05, 3.63) is 108 Å². The van der Waals surface area contributed by atoms with Gasteiger partial charge in [-0.05, 0) is 58.4 Å². The maximum absolute atomic E-state index is 5.18. The number of hydrogen-bond donors (Lipinski definition) is 0. The largest absolute Gasteiger partial charge is 0.278 e. The SMILES string of the molecule is Brc1nc(-c2cccc3cccnc23)c2ccc3ccc(-n4c5ccccc5c5cccnc54)nc3c2n1. The molecular formula is C31H17BrN6. The molecule has 178 valence electrons. The predicted molar refractivity (Wildman–Crippen MR) is 155 cm³/mol. The molecular weight excluding hydrogens is 536 g/mol. The summed E-state index contributed by atoms with van der Waals surface area (Å²) >= 11 is 3.57. The van der Waals surface area contributed by atoms with Gasteiger partial charge in [-0.2, -0.15) is 0 Å². The van der Waals surface area contributed by atoms with Crippen molar-refractivity contribution in [3.63, 3.8) is 0 Å². The molecule has 0 saturated heterocycles. The molecule has 38 heavy (non-hydrogen) atoms. The Morgan fingerprint density at radius 2 is 1.34 bits per heavy atom. The lowest BCUT2D eigenvalue weighted by Crippen LogP contribution is -2.00. The van der Waals surface area contributed by atoms with E-state index in [9.17, 15) is 0 Å². The monoisotopic (exact) mass is 552 g/mol. The van der Waals surface area contributed by atoms with E-state index >= 15 is 0 Å². The van der Waals surface area contributed by atoms with Crippen molar-refractivity contribution < 1.29 is 0 Å². The number of halogens is 1. The lowest BCUT2D eigenvalue weighted by atomic mass is 10.0. The van der Waals surface area contributed by atoms with Gasteiger partial charge in [-0.1, -0.05) is 48.5 Å². The van der Waals surface area contributed by atoms with Gasteiger partial charge in [0.1, 0.15) is 17.0 Å². The van der Waals surface area contributed by atoms with Crippen LogP contribution in [0.5, 0.6) is 0 Å². The first-order valence-corrected chi connectivity index (χ1v) is 13.0. The lowest BCUT2D eigenvalue weighted by Gasteiger charge is -2.12. The normalized spacial score (nSPS) is 11.8. The molecule has 6 nitrogen and oxygen atoms in total. The Labute approximate surface area is 224 Å². The van der Waals surface area contributed by atoms with Gasteiger partial charge in [-0.25, -0.2) is 19.9 Å². The fourth-order valence-corrected chi connectivity index (χ4v) is 5.74. The van der Waals surface area contributed by atoms with Gasteiger partial charge in [0.15, 0.2) is 4.73 Å². The van der Waals surface area contributed by atoms with E-state index < -0.39 is 0 Å². The van der Waals surface area contributed by atoms with Gasteiger partial charge in [0.2, 0.25) is 0 Å². The molecule has 0 aliphatic heterocycles. The van der Waals surface area contributed by atoms with Gasteiger partial charge in [-0.3, -0.25) is 9.55 Å². The minimum atomic E-state index is 0.506. The highest BCUT2D eigenvalue weighted by Gasteiger charge is 2.17. The van der Waals surface area contributed by atoms with Gasteiger partial charge in [-0.15, -0.1) is 0 Å². The van der Waals surface area contributed by atoms with Gasteiger partial charge in [0.05, 0.1) is 22.2 Å². The third-order valence-electron chi connectivity index (χ3n) is 7.03. The number of para-hydroxylation sites is 2. The second-order valence-electron chi connectivity index (χ2n) is 9.15. The zero-order valence-corrected chi connectivity index (χ0v) is 21.5. The molecule has 8 aromatic rings. The summed E-state index contributed by atoms with van der Waals surface area (Å²) in [5, 5.41) is 5.23. The summed E-state index contributed by atoms with van der Waals surface area (Å²) in [4.78, 5) is 24.2. The van der Waals surface area contributed by atoms with E-state index in [0.29, 0.717) is 4.73 Å². The Morgan fingerprint density at radius 3 is 2.32 bits per heavy atom. The molecule has 0 saturated carbocycles. The lowest BCUT2D eigenvalue weighted by molar-refractivity contribution is 1.07. The zero-order chi connectivity index (χ0) is 25.2. The van der Waals surface area contributed by atoms with Crippen LogP contribution in [0, 0.1) is 0 Å². The summed E-state index contributed by atoms with van der Waals surface area (Å²) in [7, 11) is 0. The minimum absolute atomic E-state index is 0.506. The van der Waals surface area contributed by atoms with Crippen molar-refractivity contribution in [3.8, 4) is 17.1 Å². The van der Waals surface area contributed by atoms with E-state index in [1.165, 1.54) is 0 Å². The molecule has 7 heteroatoms. The summed E-state index contributed by atoms with van der Waals surface area (Å²) in [6.07, 6.45) is 3.64. The topological polar surface area (TPSA) is 69.4 Å². The van der Waals surface area contributed by atoms with E-state index in [-0.39, 0.29) is 0 Å². The minimum Gasteiger partial charge on any atom is -0.278 e. The molecule has 0 spiro atoms. The van der Waals surface area contributed by atoms with Crippen LogP contribution in [0.2, 0.25) is 0 Å². The van der Waals surface area contributed by atoms with Crippen LogP contribution in [0.25, 0.3) is 71.7 Å². The summed E-state index contributed by atoms with van der Waals surface area (Å²) in [6, 6.07) is 30.9. The van der Waals surface area contributed by atoms with Crippen molar-refractivity contribution >= 4 is 70.6 Å². The second kappa shape index (κ2) is 8.13. The van der Waals surface area contributed by atoms with Crippen molar-refractivity contribution in [1.82, 2.24) is 29.5 Å². The molecule has 0 fully saturated rings. The van der Waals surface area contributed by atoms with Gasteiger partial charge >= 0.3 is 0 Å². The molecule has 0 bridgehead atoms. The van der Waals surface area contributed by atoms with Crippen LogP contribution in [0.1, 0.15) is 0 Å². The highest BCUT2D eigenvalue weighted by Crippen LogP contribution is 2.36. The quantitative estimate of drug-likeness (QED) is 0.163. The third-order valence-corrected chi connectivity index (χ3v) is 7.39. The highest BCUT2D eigenvalue weighted by atomic mass is 79.9. The van der Waals surface area contributed by atoms with Gasteiger partial charge < -0.3 is 0 Å². The summed E-state index contributed by atoms with van der Waals surface area (Å²) in [5.74, 6) is 0.790. The van der Waals surface area contributed by atoms with E-state index in [2.05, 4.69) is 86.1 Å². The summed E-state index contributed by atoms with van der Waals surface area (Å²) in [5.41, 5.74) is 6.20. The van der Waals surface area contributed by atoms with Crippen molar-refractivity contribution in [2.24, 2.45) is 0 Å². The van der Waals surface area contributed by atoms with E-state index in [4.69, 9.17) is 19.9 Å². The molecule has 3 aromatic carbocycles. The fourth-order valence-electron chi connectivity index (χ4n) is 5.39. The third kappa shape index (κ3) is 3.09. The first-order chi connectivity index (χ1) is 18.8. The smallest absolute Gasteiger partial charge is 0.197 e. The van der Waals surface area contributed by atoms with Gasteiger partial charge in [0, 0.05) is 44.9 Å². The van der Waals surface area contributed by atoms with Crippen LogP contribution in [0.4, 0.5) is 0 Å². The summed E-state index contributed by atoms with van der Waals surface area (Å²) in [6.45, 7) is 0. The van der Waals surface area contributed by atoms with Gasteiger partial charge in [0.25, 0.3) is 0 Å². The Hall–Kier alpha value is -4.75. The molecule has 0 aliphatic rings. The Bertz CT molecular complexity index is 2160. The number of hydrogen-bond acceptors (Lipinski definition) is 5. The van der Waals surface area contributed by atoms with Crippen molar-refractivity contribution in [2.75, 3.05) is 0 Å². The Balaban J connectivity index is 1.45. The van der Waals surface area contributed by atoms with Crippen LogP contribution in [0.15, 0.2) is 108 Å². The fraction of sp³-hybridized carbons (Fsp3) is 0. The molecule has 0 radical (unpaired) electrons. The van der Waals surface area contributed by atoms with E-state index in [1.807, 2.05) is 42.7 Å². The van der Waals surface area contributed by atoms with Crippen molar-refractivity contribution in [2.45, 2.75) is 0 Å². The number of nitrogens with zero attached hydrogens (tertiary/aromatic N) is 6. The van der Waals surface area contributed by atoms with E-state index in [1.54, 1.807) is 0 Å². The molecule has 0 N–H and O–H groups in total. The molecule has 0 aliphatic carbocycles. The molecule has 5 aromatic heterocycles. The Kier molecular flexibility index (Phi) is 4.57. The number of fused-ring (bicyclic) bond motifs is 7. The maximum Gasteiger partial charge on any atom is 0.197 e. The maximum atomic E-state index is 5.18. The van der Waals surface area contributed by atoms with E-state index in [0.717, 1.165) is 71.7 Å².